The van der Waals surface area contributed by atoms with Crippen LogP contribution in [0.5, 0.6) is 0 Å². The van der Waals surface area contributed by atoms with Crippen LogP contribution in [0.3, 0.4) is 0 Å². The number of hydrogen-bond acceptors (Lipinski definition) is 2. The van der Waals surface area contributed by atoms with Crippen molar-refractivity contribution in [3.63, 3.8) is 0 Å². The minimum atomic E-state index is -0.279. The molecule has 2 aromatic rings. The molecular weight excluding hydrogens is 352 g/mol. The molecule has 0 spiro atoms. The van der Waals surface area contributed by atoms with E-state index in [1.54, 1.807) is 12.1 Å². The van der Waals surface area contributed by atoms with Crippen LogP contribution >= 0.6 is 11.9 Å². The van der Waals surface area contributed by atoms with Crippen LogP contribution in [0.1, 0.15) is 44.2 Å². The summed E-state index contributed by atoms with van der Waals surface area (Å²) in [5.41, 5.74) is 2.26. The Labute approximate surface area is 157 Å². The monoisotopic (exact) mass is 375 g/mol. The molecule has 3 nitrogen and oxygen atoms in total. The Bertz CT molecular complexity index is 821. The van der Waals surface area contributed by atoms with E-state index in [0.717, 1.165) is 22.6 Å². The van der Waals surface area contributed by atoms with Crippen molar-refractivity contribution in [2.45, 2.75) is 44.6 Å². The third-order valence-corrected chi connectivity index (χ3v) is 5.14. The van der Waals surface area contributed by atoms with Gasteiger partial charge in [0.25, 0.3) is 0 Å². The fourth-order valence-electron chi connectivity index (χ4n) is 3.22. The lowest BCUT2D eigenvalue weighted by Gasteiger charge is -2.26. The summed E-state index contributed by atoms with van der Waals surface area (Å²) in [5.74, 6) is 0.655. The van der Waals surface area contributed by atoms with Crippen molar-refractivity contribution in [3.05, 3.63) is 59.2 Å². The summed E-state index contributed by atoms with van der Waals surface area (Å²) in [6.45, 7) is 6.67. The van der Waals surface area contributed by atoms with Gasteiger partial charge in [0.1, 0.15) is 11.6 Å². The molecule has 0 aromatic heterocycles. The number of guanidine groups is 1. The lowest BCUT2D eigenvalue weighted by atomic mass is 9.90. The van der Waals surface area contributed by atoms with Crippen LogP contribution in [-0.2, 0) is 6.54 Å². The maximum atomic E-state index is 14.5. The van der Waals surface area contributed by atoms with Gasteiger partial charge in [0, 0.05) is 5.56 Å². The highest BCUT2D eigenvalue weighted by molar-refractivity contribution is 7.98. The quantitative estimate of drug-likeness (QED) is 0.659. The molecule has 138 valence electrons. The number of benzene rings is 2. The maximum absolute atomic E-state index is 14.5. The fourth-order valence-corrected chi connectivity index (χ4v) is 3.94. The van der Waals surface area contributed by atoms with Crippen LogP contribution in [-0.4, -0.2) is 5.96 Å². The molecule has 0 saturated carbocycles. The summed E-state index contributed by atoms with van der Waals surface area (Å²) in [4.78, 5) is 5.41. The van der Waals surface area contributed by atoms with Gasteiger partial charge >= 0.3 is 0 Å². The number of nitrogens with zero attached hydrogens (tertiary/aromatic N) is 1. The van der Waals surface area contributed by atoms with Crippen LogP contribution < -0.4 is 10.0 Å². The molecular formula is C20H23F2N3S. The number of halogens is 2. The van der Waals surface area contributed by atoms with Crippen molar-refractivity contribution in [1.82, 2.24) is 4.72 Å². The first kappa shape index (κ1) is 18.7. The predicted octanol–water partition coefficient (Wildman–Crippen LogP) is 5.69. The minimum absolute atomic E-state index is 0.0978. The van der Waals surface area contributed by atoms with Crippen molar-refractivity contribution in [2.75, 3.05) is 5.32 Å². The van der Waals surface area contributed by atoms with Gasteiger partial charge in [-0.25, -0.2) is 13.8 Å². The van der Waals surface area contributed by atoms with Gasteiger partial charge in [-0.3, -0.25) is 4.72 Å². The lowest BCUT2D eigenvalue weighted by molar-refractivity contribution is 0.502. The highest BCUT2D eigenvalue weighted by Crippen LogP contribution is 2.39. The molecule has 0 aliphatic carbocycles. The van der Waals surface area contributed by atoms with E-state index in [1.165, 1.54) is 30.1 Å². The molecule has 2 N–H and O–H groups in total. The number of aliphatic imine (C=N–C) groups is 1. The first-order chi connectivity index (χ1) is 12.4. The highest BCUT2D eigenvalue weighted by Gasteiger charge is 2.24. The third-order valence-electron chi connectivity index (χ3n) is 4.28. The van der Waals surface area contributed by atoms with Crippen LogP contribution in [0.25, 0.3) is 0 Å². The molecule has 0 bridgehead atoms. The second-order valence-electron chi connectivity index (χ2n) is 6.99. The molecule has 0 radical (unpaired) electrons. The van der Waals surface area contributed by atoms with E-state index in [0.29, 0.717) is 24.0 Å². The second-order valence-corrected chi connectivity index (χ2v) is 7.84. The zero-order chi connectivity index (χ0) is 18.7. The Morgan fingerprint density at radius 3 is 2.65 bits per heavy atom. The summed E-state index contributed by atoms with van der Waals surface area (Å²) in [5, 5.41) is 3.23. The number of nitrogens with one attached hydrogen (secondary N) is 2. The van der Waals surface area contributed by atoms with Crippen molar-refractivity contribution in [1.29, 1.82) is 0 Å². The number of hydrogen-bond donors (Lipinski definition) is 2. The molecule has 0 fully saturated rings. The Kier molecular flexibility index (Phi) is 5.81. The SMILES string of the molecule is CC(C)CC(C)c1c(F)ccc2c1NC(=NCc1cccc(F)c1)NS2. The molecule has 1 atom stereocenters. The standard InChI is InChI=1S/C20H23F2N3S/c1-12(2)9-13(3)18-16(22)7-8-17-19(18)24-20(25-26-17)23-11-14-5-4-6-15(21)10-14/h4-8,10,12-13H,9,11H2,1-3H3,(H2,23,24,25). The van der Waals surface area contributed by atoms with E-state index in [2.05, 4.69) is 35.8 Å². The molecule has 0 saturated heterocycles. The Morgan fingerprint density at radius 1 is 1.12 bits per heavy atom. The van der Waals surface area contributed by atoms with Gasteiger partial charge < -0.3 is 5.32 Å². The topological polar surface area (TPSA) is 36.4 Å². The first-order valence-corrected chi connectivity index (χ1v) is 9.57. The van der Waals surface area contributed by atoms with Crippen LogP contribution in [0.2, 0.25) is 0 Å². The predicted molar refractivity (Wildman–Crippen MR) is 104 cm³/mol. The van der Waals surface area contributed by atoms with Gasteiger partial charge in [0.05, 0.1) is 17.1 Å². The van der Waals surface area contributed by atoms with Crippen molar-refractivity contribution in [3.8, 4) is 0 Å². The normalized spacial score (nSPS) is 16.2. The molecule has 1 aliphatic rings. The fraction of sp³-hybridized carbons (Fsp3) is 0.350. The van der Waals surface area contributed by atoms with Gasteiger partial charge in [0.15, 0.2) is 0 Å². The summed E-state index contributed by atoms with van der Waals surface area (Å²) >= 11 is 1.41. The molecule has 1 unspecified atom stereocenters. The van der Waals surface area contributed by atoms with Crippen molar-refractivity contribution >= 4 is 23.6 Å². The number of fused-ring (bicyclic) bond motifs is 1. The number of rotatable bonds is 5. The van der Waals surface area contributed by atoms with E-state index in [1.807, 2.05) is 6.07 Å². The summed E-state index contributed by atoms with van der Waals surface area (Å²) in [6.07, 6.45) is 0.906. The van der Waals surface area contributed by atoms with Crippen molar-refractivity contribution in [2.24, 2.45) is 10.9 Å². The summed E-state index contributed by atoms with van der Waals surface area (Å²) in [7, 11) is 0. The molecule has 3 rings (SSSR count). The van der Waals surface area contributed by atoms with Gasteiger partial charge in [-0.05, 0) is 60.0 Å². The lowest BCUT2D eigenvalue weighted by Crippen LogP contribution is -2.30. The smallest absolute Gasteiger partial charge is 0.206 e. The summed E-state index contributed by atoms with van der Waals surface area (Å²) < 4.78 is 31.0. The van der Waals surface area contributed by atoms with E-state index in [9.17, 15) is 8.78 Å². The van der Waals surface area contributed by atoms with Gasteiger partial charge in [0.2, 0.25) is 5.96 Å². The minimum Gasteiger partial charge on any atom is -0.324 e. The Morgan fingerprint density at radius 2 is 1.92 bits per heavy atom. The molecule has 1 aliphatic heterocycles. The van der Waals surface area contributed by atoms with Crippen LogP contribution in [0, 0.1) is 17.6 Å². The Hall–Kier alpha value is -2.08. The van der Waals surface area contributed by atoms with E-state index < -0.39 is 0 Å². The highest BCUT2D eigenvalue weighted by atomic mass is 32.2. The molecule has 0 amide bonds. The number of anilines is 1. The van der Waals surface area contributed by atoms with E-state index >= 15 is 0 Å². The molecule has 2 aromatic carbocycles. The average molecular weight is 375 g/mol. The zero-order valence-corrected chi connectivity index (χ0v) is 16.0. The Balaban J connectivity index is 1.84. The van der Waals surface area contributed by atoms with Crippen molar-refractivity contribution < 1.29 is 8.78 Å². The van der Waals surface area contributed by atoms with Crippen LogP contribution in [0.4, 0.5) is 14.5 Å². The maximum Gasteiger partial charge on any atom is 0.206 e. The summed E-state index contributed by atoms with van der Waals surface area (Å²) in [6, 6.07) is 9.65. The molecule has 1 heterocycles. The second kappa shape index (κ2) is 8.08. The first-order valence-electron chi connectivity index (χ1n) is 8.75. The average Bonchev–Trinajstić information content (AvgIpc) is 2.59. The van der Waals surface area contributed by atoms with Crippen LogP contribution in [0.15, 0.2) is 46.3 Å². The van der Waals surface area contributed by atoms with Gasteiger partial charge in [-0.2, -0.15) is 0 Å². The molecule has 26 heavy (non-hydrogen) atoms. The third kappa shape index (κ3) is 4.36. The van der Waals surface area contributed by atoms with Gasteiger partial charge in [-0.1, -0.05) is 32.9 Å². The molecule has 6 heteroatoms. The van der Waals surface area contributed by atoms with E-state index in [-0.39, 0.29) is 17.6 Å². The largest absolute Gasteiger partial charge is 0.324 e. The van der Waals surface area contributed by atoms with E-state index in [4.69, 9.17) is 0 Å². The zero-order valence-electron chi connectivity index (χ0n) is 15.1. The van der Waals surface area contributed by atoms with Gasteiger partial charge in [-0.15, -0.1) is 0 Å².